The number of hydrogen-bond donors (Lipinski definition) is 0. The highest BCUT2D eigenvalue weighted by Gasteiger charge is 2.21. The Kier molecular flexibility index (Phi) is 5.05. The number of halogens is 4. The minimum absolute atomic E-state index is 0.0368. The second-order valence-electron chi connectivity index (χ2n) is 2.77. The summed E-state index contributed by atoms with van der Waals surface area (Å²) in [5.74, 6) is 0. The summed E-state index contributed by atoms with van der Waals surface area (Å²) in [6.45, 7) is 1.53. The third kappa shape index (κ3) is 6.08. The summed E-state index contributed by atoms with van der Waals surface area (Å²) in [4.78, 5) is 12.8. The van der Waals surface area contributed by atoms with Gasteiger partial charge < -0.3 is 17.3 Å². The molecule has 0 atom stereocenters. The Bertz CT molecular complexity index is 451. The third-order valence-corrected chi connectivity index (χ3v) is 1.58. The molecule has 0 amide bonds. The van der Waals surface area contributed by atoms with Gasteiger partial charge >= 0.3 is 12.9 Å². The molecular formula is C7H6BF4N3O2. The first kappa shape index (κ1) is 14.8. The van der Waals surface area contributed by atoms with Crippen molar-refractivity contribution < 1.29 is 22.2 Å². The number of diazo groups is 1. The molecule has 0 N–H and O–H groups in total. The topological polar surface area (TPSA) is 71.3 Å². The van der Waals surface area contributed by atoms with Crippen molar-refractivity contribution in [1.82, 2.24) is 0 Å². The van der Waals surface area contributed by atoms with Gasteiger partial charge in [-0.05, 0) is 13.0 Å². The minimum atomic E-state index is -6.00. The molecule has 0 aliphatic rings. The van der Waals surface area contributed by atoms with E-state index < -0.39 is 12.2 Å². The SMILES string of the molecule is Cc1c([N+]#N)cccc1[N+](=O)[O-].F[B-](F)(F)F. The van der Waals surface area contributed by atoms with E-state index in [0.717, 1.165) is 0 Å². The molecule has 0 saturated carbocycles. The number of nitro groups is 1. The van der Waals surface area contributed by atoms with Crippen LogP contribution in [0.3, 0.4) is 0 Å². The standard InChI is InChI=1S/C7H6N3O2.BF4/c1-5-6(9-8)3-2-4-7(5)10(11)12;2-1(3,4)5/h2-4H,1H3;/q+1;-1. The first-order valence-corrected chi connectivity index (χ1v) is 4.13. The second-order valence-corrected chi connectivity index (χ2v) is 2.77. The van der Waals surface area contributed by atoms with Gasteiger partial charge in [0.2, 0.25) is 5.39 Å². The molecule has 0 heterocycles. The Hall–Kier alpha value is -2.18. The molecule has 17 heavy (non-hydrogen) atoms. The van der Waals surface area contributed by atoms with Crippen LogP contribution in [-0.2, 0) is 0 Å². The van der Waals surface area contributed by atoms with E-state index in [1.165, 1.54) is 25.1 Å². The summed E-state index contributed by atoms with van der Waals surface area (Å²) < 4.78 is 39.0. The zero-order valence-electron chi connectivity index (χ0n) is 8.48. The maximum atomic E-state index is 10.4. The normalized spacial score (nSPS) is 9.88. The highest BCUT2D eigenvalue weighted by molar-refractivity contribution is 6.50. The molecule has 5 nitrogen and oxygen atoms in total. The Morgan fingerprint density at radius 1 is 1.35 bits per heavy atom. The Labute approximate surface area is 92.9 Å². The van der Waals surface area contributed by atoms with Crippen LogP contribution in [0.1, 0.15) is 5.56 Å². The van der Waals surface area contributed by atoms with Gasteiger partial charge in [0.1, 0.15) is 5.56 Å². The van der Waals surface area contributed by atoms with Crippen LogP contribution in [-0.4, -0.2) is 12.2 Å². The molecule has 0 aliphatic carbocycles. The van der Waals surface area contributed by atoms with E-state index in [4.69, 9.17) is 5.39 Å². The molecule has 92 valence electrons. The summed E-state index contributed by atoms with van der Waals surface area (Å²) in [6, 6.07) is 4.34. The fourth-order valence-electron chi connectivity index (χ4n) is 0.918. The summed E-state index contributed by atoms with van der Waals surface area (Å²) in [6.07, 6.45) is 0. The lowest BCUT2D eigenvalue weighted by Gasteiger charge is -1.94. The summed E-state index contributed by atoms with van der Waals surface area (Å²) >= 11 is 0. The maximum absolute atomic E-state index is 10.4. The van der Waals surface area contributed by atoms with Crippen molar-refractivity contribution >= 4 is 18.6 Å². The van der Waals surface area contributed by atoms with Crippen molar-refractivity contribution in [2.75, 3.05) is 0 Å². The van der Waals surface area contributed by atoms with Crippen molar-refractivity contribution in [2.45, 2.75) is 6.92 Å². The molecule has 1 rings (SSSR count). The van der Waals surface area contributed by atoms with Crippen LogP contribution in [0.25, 0.3) is 4.98 Å². The molecule has 1 aromatic carbocycles. The third-order valence-electron chi connectivity index (χ3n) is 1.58. The van der Waals surface area contributed by atoms with Crippen LogP contribution in [0.5, 0.6) is 0 Å². The lowest BCUT2D eigenvalue weighted by Crippen LogP contribution is -2.02. The molecule has 0 saturated heterocycles. The van der Waals surface area contributed by atoms with E-state index in [-0.39, 0.29) is 11.4 Å². The Morgan fingerprint density at radius 3 is 2.18 bits per heavy atom. The number of rotatable bonds is 1. The first-order chi connectivity index (χ1) is 7.66. The van der Waals surface area contributed by atoms with Gasteiger partial charge in [0, 0.05) is 12.1 Å². The molecule has 0 aromatic heterocycles. The highest BCUT2D eigenvalue weighted by atomic mass is 19.5. The van der Waals surface area contributed by atoms with Crippen LogP contribution < -0.4 is 0 Å². The van der Waals surface area contributed by atoms with Gasteiger partial charge in [-0.1, -0.05) is 0 Å². The van der Waals surface area contributed by atoms with Gasteiger partial charge in [0.15, 0.2) is 4.98 Å². The van der Waals surface area contributed by atoms with E-state index in [9.17, 15) is 27.4 Å². The second kappa shape index (κ2) is 5.79. The molecular weight excluding hydrogens is 245 g/mol. The Morgan fingerprint density at radius 2 is 1.82 bits per heavy atom. The largest absolute Gasteiger partial charge is 0.673 e. The predicted molar refractivity (Wildman–Crippen MR) is 52.8 cm³/mol. The van der Waals surface area contributed by atoms with Gasteiger partial charge in [0.25, 0.3) is 5.69 Å². The van der Waals surface area contributed by atoms with Gasteiger partial charge in [-0.25, -0.2) is 0 Å². The van der Waals surface area contributed by atoms with Gasteiger partial charge in [0.05, 0.1) is 4.92 Å². The van der Waals surface area contributed by atoms with Crippen molar-refractivity contribution in [3.63, 3.8) is 0 Å². The van der Waals surface area contributed by atoms with Gasteiger partial charge in [-0.2, -0.15) is 0 Å². The zero-order valence-corrected chi connectivity index (χ0v) is 8.48. The monoisotopic (exact) mass is 251 g/mol. The maximum Gasteiger partial charge on any atom is 0.673 e. The van der Waals surface area contributed by atoms with E-state index in [0.29, 0.717) is 5.56 Å². The molecule has 0 radical (unpaired) electrons. The lowest BCUT2D eigenvalue weighted by molar-refractivity contribution is -0.385. The molecule has 10 heteroatoms. The molecule has 0 unspecified atom stereocenters. The lowest BCUT2D eigenvalue weighted by atomic mass is 10.2. The summed E-state index contributed by atoms with van der Waals surface area (Å²) in [5, 5.41) is 18.8. The number of nitro benzene ring substituents is 1. The fraction of sp³-hybridized carbons (Fsp3) is 0.143. The van der Waals surface area contributed by atoms with Crippen molar-refractivity contribution in [1.29, 1.82) is 5.39 Å². The average Bonchev–Trinajstić information content (AvgIpc) is 2.15. The van der Waals surface area contributed by atoms with Crippen LogP contribution in [0, 0.1) is 22.4 Å². The van der Waals surface area contributed by atoms with E-state index in [2.05, 4.69) is 4.98 Å². The highest BCUT2D eigenvalue weighted by Crippen LogP contribution is 2.26. The van der Waals surface area contributed by atoms with Crippen molar-refractivity contribution in [3.05, 3.63) is 38.9 Å². The summed E-state index contributed by atoms with van der Waals surface area (Å²) in [7, 11) is -6.00. The smallest absolute Gasteiger partial charge is 0.418 e. The van der Waals surface area contributed by atoms with Gasteiger partial charge in [-0.3, -0.25) is 10.1 Å². The van der Waals surface area contributed by atoms with Crippen LogP contribution >= 0.6 is 0 Å². The fourth-order valence-corrected chi connectivity index (χ4v) is 0.918. The molecule has 0 spiro atoms. The minimum Gasteiger partial charge on any atom is -0.418 e. The van der Waals surface area contributed by atoms with Crippen molar-refractivity contribution in [3.8, 4) is 0 Å². The Balaban J connectivity index is 0.000000437. The van der Waals surface area contributed by atoms with E-state index >= 15 is 0 Å². The quantitative estimate of drug-likeness (QED) is 0.251. The summed E-state index contributed by atoms with van der Waals surface area (Å²) in [5.41, 5.74) is 0.555. The predicted octanol–water partition coefficient (Wildman–Crippen LogP) is 3.69. The first-order valence-electron chi connectivity index (χ1n) is 4.13. The molecule has 1 aromatic rings. The van der Waals surface area contributed by atoms with E-state index in [1.54, 1.807) is 0 Å². The van der Waals surface area contributed by atoms with Crippen LogP contribution in [0.2, 0.25) is 0 Å². The molecule has 0 bridgehead atoms. The van der Waals surface area contributed by atoms with Crippen molar-refractivity contribution in [2.24, 2.45) is 0 Å². The zero-order chi connectivity index (χ0) is 13.6. The molecule has 0 aliphatic heterocycles. The number of nitrogens with zero attached hydrogens (tertiary/aromatic N) is 3. The number of benzene rings is 1. The number of hydrogen-bond acceptors (Lipinski definition) is 3. The van der Waals surface area contributed by atoms with Crippen LogP contribution in [0.4, 0.5) is 28.6 Å². The average molecular weight is 251 g/mol. The molecule has 0 fully saturated rings. The van der Waals surface area contributed by atoms with E-state index in [1.807, 2.05) is 0 Å². The van der Waals surface area contributed by atoms with Gasteiger partial charge in [-0.15, -0.1) is 0 Å². The van der Waals surface area contributed by atoms with Crippen LogP contribution in [0.15, 0.2) is 18.2 Å².